The maximum absolute atomic E-state index is 11.7. The number of phenols is 3. The van der Waals surface area contributed by atoms with E-state index < -0.39 is 23.0 Å². The number of hydrogen-bond donors (Lipinski definition) is 3. The Morgan fingerprint density at radius 3 is 2.21 bits per heavy atom. The summed E-state index contributed by atoms with van der Waals surface area (Å²) in [6.07, 6.45) is 2.21. The van der Waals surface area contributed by atoms with Gasteiger partial charge in [-0.2, -0.15) is 0 Å². The lowest BCUT2D eigenvalue weighted by Crippen LogP contribution is -2.04. The van der Waals surface area contributed by atoms with Crippen molar-refractivity contribution in [2.75, 3.05) is 0 Å². The molecule has 0 aliphatic heterocycles. The number of rotatable bonds is 6. The van der Waals surface area contributed by atoms with Gasteiger partial charge in [0.05, 0.1) is 5.56 Å². The molecule has 0 unspecified atom stereocenters. The molecular formula is C14H18O5. The molecule has 1 rings (SSSR count). The van der Waals surface area contributed by atoms with Crippen LogP contribution in [0.3, 0.4) is 0 Å². The fourth-order valence-electron chi connectivity index (χ4n) is 1.93. The zero-order valence-electron chi connectivity index (χ0n) is 11.1. The maximum Gasteiger partial charge on any atom is 0.170 e. The van der Waals surface area contributed by atoms with Crippen molar-refractivity contribution >= 4 is 12.1 Å². The molecule has 0 atom stereocenters. The van der Waals surface area contributed by atoms with Crippen molar-refractivity contribution in [1.29, 1.82) is 0 Å². The third kappa shape index (κ3) is 2.70. The number of hydrogen-bond acceptors (Lipinski definition) is 5. The molecule has 104 valence electrons. The molecule has 0 saturated heterocycles. The Kier molecular flexibility index (Phi) is 4.92. The highest BCUT2D eigenvalue weighted by Crippen LogP contribution is 2.42. The molecule has 0 aliphatic rings. The van der Waals surface area contributed by atoms with Gasteiger partial charge in [-0.25, -0.2) is 0 Å². The van der Waals surface area contributed by atoms with Gasteiger partial charge in [-0.05, 0) is 12.8 Å². The summed E-state index contributed by atoms with van der Waals surface area (Å²) in [4.78, 5) is 22.7. The minimum absolute atomic E-state index is 0.0808. The first kappa shape index (κ1) is 15.0. The summed E-state index contributed by atoms with van der Waals surface area (Å²) >= 11 is 0. The lowest BCUT2D eigenvalue weighted by molar-refractivity contribution is 0.0982. The average molecular weight is 266 g/mol. The Hall–Kier alpha value is -2.04. The van der Waals surface area contributed by atoms with Crippen LogP contribution in [0.2, 0.25) is 0 Å². The van der Waals surface area contributed by atoms with Crippen LogP contribution >= 0.6 is 0 Å². The molecule has 0 bridgehead atoms. The van der Waals surface area contributed by atoms with Gasteiger partial charge < -0.3 is 15.3 Å². The second-order valence-electron chi connectivity index (χ2n) is 4.31. The van der Waals surface area contributed by atoms with Crippen LogP contribution in [0.1, 0.15) is 59.4 Å². The number of aldehydes is 1. The number of unbranched alkanes of at least 4 members (excludes halogenated alkanes) is 1. The van der Waals surface area contributed by atoms with Crippen LogP contribution in [0.5, 0.6) is 17.2 Å². The highest BCUT2D eigenvalue weighted by molar-refractivity contribution is 6.05. The number of carbonyl (C=O) groups is 2. The summed E-state index contributed by atoms with van der Waals surface area (Å²) in [7, 11) is 0. The van der Waals surface area contributed by atoms with Gasteiger partial charge in [0.25, 0.3) is 0 Å². The monoisotopic (exact) mass is 266 g/mol. The molecule has 3 N–H and O–H groups in total. The van der Waals surface area contributed by atoms with E-state index in [1.165, 1.54) is 0 Å². The van der Waals surface area contributed by atoms with Crippen LogP contribution in [-0.4, -0.2) is 27.4 Å². The molecule has 1 aromatic carbocycles. The molecule has 19 heavy (non-hydrogen) atoms. The Morgan fingerprint density at radius 2 is 1.74 bits per heavy atom. The van der Waals surface area contributed by atoms with Gasteiger partial charge in [-0.15, -0.1) is 0 Å². The third-order valence-electron chi connectivity index (χ3n) is 3.05. The minimum Gasteiger partial charge on any atom is -0.507 e. The van der Waals surface area contributed by atoms with Crippen molar-refractivity contribution in [1.82, 2.24) is 0 Å². The Morgan fingerprint density at radius 1 is 1.11 bits per heavy atom. The highest BCUT2D eigenvalue weighted by Gasteiger charge is 2.26. The fraction of sp³-hybridized carbons (Fsp3) is 0.429. The average Bonchev–Trinajstić information content (AvgIpc) is 2.38. The molecule has 1 aromatic rings. The molecule has 0 spiro atoms. The molecule has 0 heterocycles. The zero-order valence-corrected chi connectivity index (χ0v) is 11.1. The van der Waals surface area contributed by atoms with E-state index in [4.69, 9.17) is 0 Å². The zero-order chi connectivity index (χ0) is 14.6. The highest BCUT2D eigenvalue weighted by atomic mass is 16.3. The quantitative estimate of drug-likeness (QED) is 0.543. The van der Waals surface area contributed by atoms with Gasteiger partial charge in [0.15, 0.2) is 12.1 Å². The van der Waals surface area contributed by atoms with Gasteiger partial charge in [0.1, 0.15) is 22.8 Å². The standard InChI is InChI=1S/C14H18O5/c1-3-5-6-8-12(17)9(7-15)14(19)11(13(8)18)10(16)4-2/h7,17-19H,3-6H2,1-2H3. The summed E-state index contributed by atoms with van der Waals surface area (Å²) in [5.41, 5.74) is -0.493. The SMILES string of the molecule is CCCCc1c(O)c(C=O)c(O)c(C(=O)CC)c1O. The lowest BCUT2D eigenvalue weighted by atomic mass is 9.94. The van der Waals surface area contributed by atoms with Gasteiger partial charge in [0, 0.05) is 12.0 Å². The van der Waals surface area contributed by atoms with Crippen LogP contribution < -0.4 is 0 Å². The van der Waals surface area contributed by atoms with E-state index in [1.807, 2.05) is 6.92 Å². The molecule has 5 nitrogen and oxygen atoms in total. The maximum atomic E-state index is 11.7. The Bertz CT molecular complexity index is 505. The number of phenolic OH excluding ortho intramolecular Hbond substituents is 3. The lowest BCUT2D eigenvalue weighted by Gasteiger charge is -2.14. The molecule has 0 fully saturated rings. The smallest absolute Gasteiger partial charge is 0.170 e. The Labute approximate surface area is 111 Å². The van der Waals surface area contributed by atoms with Crippen LogP contribution in [0.4, 0.5) is 0 Å². The first-order valence-electron chi connectivity index (χ1n) is 6.27. The number of carbonyl (C=O) groups excluding carboxylic acids is 2. The summed E-state index contributed by atoms with van der Waals surface area (Å²) in [5.74, 6) is -2.01. The third-order valence-corrected chi connectivity index (χ3v) is 3.05. The van der Waals surface area contributed by atoms with Crippen molar-refractivity contribution in [3.8, 4) is 17.2 Å². The second-order valence-corrected chi connectivity index (χ2v) is 4.31. The van der Waals surface area contributed by atoms with Crippen molar-refractivity contribution in [3.63, 3.8) is 0 Å². The molecular weight excluding hydrogens is 248 g/mol. The van der Waals surface area contributed by atoms with Gasteiger partial charge >= 0.3 is 0 Å². The van der Waals surface area contributed by atoms with Crippen LogP contribution in [-0.2, 0) is 6.42 Å². The molecule has 0 saturated carbocycles. The van der Waals surface area contributed by atoms with E-state index in [1.54, 1.807) is 6.92 Å². The van der Waals surface area contributed by atoms with E-state index in [0.717, 1.165) is 6.42 Å². The molecule has 0 aliphatic carbocycles. The van der Waals surface area contributed by atoms with E-state index in [2.05, 4.69) is 0 Å². The normalized spacial score (nSPS) is 10.4. The van der Waals surface area contributed by atoms with E-state index in [0.29, 0.717) is 12.8 Å². The predicted octanol–water partition coefficient (Wildman–Crippen LogP) is 2.55. The van der Waals surface area contributed by atoms with Crippen molar-refractivity contribution in [2.24, 2.45) is 0 Å². The number of ketones is 1. The van der Waals surface area contributed by atoms with Gasteiger partial charge in [0.2, 0.25) is 0 Å². The second kappa shape index (κ2) is 6.22. The van der Waals surface area contributed by atoms with Crippen LogP contribution in [0, 0.1) is 0 Å². The van der Waals surface area contributed by atoms with Crippen LogP contribution in [0.15, 0.2) is 0 Å². The molecule has 5 heteroatoms. The summed E-state index contributed by atoms with van der Waals surface area (Å²) < 4.78 is 0. The van der Waals surface area contributed by atoms with E-state index in [9.17, 15) is 24.9 Å². The number of aromatic hydroxyl groups is 3. The Balaban J connectivity index is 3.55. The summed E-state index contributed by atoms with van der Waals surface area (Å²) in [6, 6.07) is 0. The minimum atomic E-state index is -0.655. The van der Waals surface area contributed by atoms with Crippen molar-refractivity contribution < 1.29 is 24.9 Å². The number of Topliss-reactive ketones (excluding diaryl/α,β-unsaturated/α-hetero) is 1. The largest absolute Gasteiger partial charge is 0.507 e. The van der Waals surface area contributed by atoms with Crippen molar-refractivity contribution in [2.45, 2.75) is 39.5 Å². The number of benzene rings is 1. The van der Waals surface area contributed by atoms with Gasteiger partial charge in [-0.3, -0.25) is 9.59 Å². The van der Waals surface area contributed by atoms with E-state index >= 15 is 0 Å². The predicted molar refractivity (Wildman–Crippen MR) is 70.1 cm³/mol. The van der Waals surface area contributed by atoms with E-state index in [-0.39, 0.29) is 29.4 Å². The first-order chi connectivity index (χ1) is 8.99. The fourth-order valence-corrected chi connectivity index (χ4v) is 1.93. The first-order valence-corrected chi connectivity index (χ1v) is 6.27. The van der Waals surface area contributed by atoms with Crippen molar-refractivity contribution in [3.05, 3.63) is 16.7 Å². The van der Waals surface area contributed by atoms with Crippen LogP contribution in [0.25, 0.3) is 0 Å². The summed E-state index contributed by atoms with van der Waals surface area (Å²) in [6.45, 7) is 3.52. The molecule has 0 radical (unpaired) electrons. The van der Waals surface area contributed by atoms with Gasteiger partial charge in [-0.1, -0.05) is 20.3 Å². The molecule has 0 aromatic heterocycles. The summed E-state index contributed by atoms with van der Waals surface area (Å²) in [5, 5.41) is 29.8. The topological polar surface area (TPSA) is 94.8 Å². The molecule has 0 amide bonds.